The van der Waals surface area contributed by atoms with Gasteiger partial charge < -0.3 is 4.57 Å². The largest absolute Gasteiger partial charge is 0.309 e. The van der Waals surface area contributed by atoms with Gasteiger partial charge in [-0.3, -0.25) is 0 Å². The first-order valence-electron chi connectivity index (χ1n) is 17.4. The van der Waals surface area contributed by atoms with Crippen LogP contribution in [0.2, 0.25) is 0 Å². The molecular weight excluding hydrogens is 619 g/mol. The van der Waals surface area contributed by atoms with Gasteiger partial charge in [-0.2, -0.15) is 0 Å². The van der Waals surface area contributed by atoms with Gasteiger partial charge in [0.25, 0.3) is 0 Å². The van der Waals surface area contributed by atoms with Gasteiger partial charge in [-0.15, -0.1) is 0 Å². The summed E-state index contributed by atoms with van der Waals surface area (Å²) in [4.78, 5) is 10.6. The molecule has 2 aromatic heterocycles. The summed E-state index contributed by atoms with van der Waals surface area (Å²) in [6.07, 6.45) is 0. The lowest BCUT2D eigenvalue weighted by Crippen LogP contribution is -1.96. The van der Waals surface area contributed by atoms with Crippen molar-refractivity contribution in [2.45, 2.75) is 0 Å². The molecule has 0 aliphatic carbocycles. The average Bonchev–Trinajstić information content (AvgIpc) is 3.55. The third-order valence-electron chi connectivity index (χ3n) is 10.5. The second-order valence-corrected chi connectivity index (χ2v) is 13.3. The van der Waals surface area contributed by atoms with Crippen LogP contribution in [-0.4, -0.2) is 14.5 Å². The number of hydrogen-bond donors (Lipinski definition) is 0. The lowest BCUT2D eigenvalue weighted by molar-refractivity contribution is 1.18. The summed E-state index contributed by atoms with van der Waals surface area (Å²) in [5, 5.41) is 13.4. The molecule has 236 valence electrons. The first-order chi connectivity index (χ1) is 25.3. The molecule has 0 N–H and O–H groups in total. The normalized spacial score (nSPS) is 11.9. The number of aromatic nitrogens is 3. The zero-order valence-electron chi connectivity index (χ0n) is 27.6. The summed E-state index contributed by atoms with van der Waals surface area (Å²) in [5.41, 5.74) is 7.53. The molecule has 0 saturated carbocycles. The SMILES string of the molecule is c1ccc(-c2nc(-c3ccc4c(c3)c3ccccc3c3ccc5c(c6ccccc6n5-c5ccccc5)c34)nc3ccc4ccccc4c23)cc1. The highest BCUT2D eigenvalue weighted by molar-refractivity contribution is 6.35. The maximum Gasteiger partial charge on any atom is 0.160 e. The molecule has 0 amide bonds. The molecule has 2 heterocycles. The quantitative estimate of drug-likeness (QED) is 0.179. The predicted molar refractivity (Wildman–Crippen MR) is 215 cm³/mol. The van der Waals surface area contributed by atoms with Gasteiger partial charge in [0, 0.05) is 38.4 Å². The summed E-state index contributed by atoms with van der Waals surface area (Å²) >= 11 is 0. The smallest absolute Gasteiger partial charge is 0.160 e. The monoisotopic (exact) mass is 647 g/mol. The van der Waals surface area contributed by atoms with Crippen molar-refractivity contribution in [2.75, 3.05) is 0 Å². The van der Waals surface area contributed by atoms with Crippen molar-refractivity contribution in [3.8, 4) is 28.3 Å². The number of fused-ring (bicyclic) bond motifs is 13. The summed E-state index contributed by atoms with van der Waals surface area (Å²) < 4.78 is 2.40. The average molecular weight is 648 g/mol. The van der Waals surface area contributed by atoms with E-state index in [2.05, 4.69) is 180 Å². The van der Waals surface area contributed by atoms with Crippen LogP contribution in [0, 0.1) is 0 Å². The second kappa shape index (κ2) is 10.8. The van der Waals surface area contributed by atoms with E-state index < -0.39 is 0 Å². The van der Waals surface area contributed by atoms with Gasteiger partial charge in [0.05, 0.1) is 22.2 Å². The van der Waals surface area contributed by atoms with Crippen molar-refractivity contribution in [1.82, 2.24) is 14.5 Å². The lowest BCUT2D eigenvalue weighted by atomic mass is 9.91. The Labute approximate surface area is 293 Å². The van der Waals surface area contributed by atoms with E-state index in [4.69, 9.17) is 9.97 Å². The van der Waals surface area contributed by atoms with Gasteiger partial charge in [0.15, 0.2) is 5.82 Å². The van der Waals surface area contributed by atoms with Crippen LogP contribution >= 0.6 is 0 Å². The molecule has 11 aromatic rings. The van der Waals surface area contributed by atoms with Crippen molar-refractivity contribution in [1.29, 1.82) is 0 Å². The molecule has 0 aliphatic heterocycles. The third-order valence-corrected chi connectivity index (χ3v) is 10.5. The highest BCUT2D eigenvalue weighted by Gasteiger charge is 2.20. The molecule has 3 nitrogen and oxygen atoms in total. The molecule has 51 heavy (non-hydrogen) atoms. The van der Waals surface area contributed by atoms with E-state index in [0.717, 1.165) is 44.6 Å². The molecule has 0 bridgehead atoms. The molecule has 0 saturated heterocycles. The van der Waals surface area contributed by atoms with E-state index in [1.165, 1.54) is 59.5 Å². The van der Waals surface area contributed by atoms with Crippen LogP contribution in [0.25, 0.3) is 104 Å². The number of rotatable bonds is 3. The topological polar surface area (TPSA) is 30.7 Å². The Morgan fingerprint density at radius 3 is 1.82 bits per heavy atom. The van der Waals surface area contributed by atoms with Gasteiger partial charge in [-0.1, -0.05) is 140 Å². The molecule has 0 spiro atoms. The maximum atomic E-state index is 5.35. The maximum absolute atomic E-state index is 5.35. The van der Waals surface area contributed by atoms with Crippen LogP contribution < -0.4 is 0 Å². The first-order valence-corrected chi connectivity index (χ1v) is 17.4. The summed E-state index contributed by atoms with van der Waals surface area (Å²) in [6.45, 7) is 0. The zero-order valence-corrected chi connectivity index (χ0v) is 27.6. The van der Waals surface area contributed by atoms with Gasteiger partial charge in [0.1, 0.15) is 0 Å². The van der Waals surface area contributed by atoms with Crippen molar-refractivity contribution >= 4 is 75.8 Å². The first kappa shape index (κ1) is 28.0. The van der Waals surface area contributed by atoms with Gasteiger partial charge in [0.2, 0.25) is 0 Å². The summed E-state index contributed by atoms with van der Waals surface area (Å²) in [6, 6.07) is 63.0. The molecule has 0 fully saturated rings. The van der Waals surface area contributed by atoms with E-state index in [1.54, 1.807) is 0 Å². The highest BCUT2D eigenvalue weighted by atomic mass is 15.0. The fraction of sp³-hybridized carbons (Fsp3) is 0. The van der Waals surface area contributed by atoms with Crippen molar-refractivity contribution in [3.63, 3.8) is 0 Å². The molecule has 0 aliphatic rings. The van der Waals surface area contributed by atoms with Crippen LogP contribution in [-0.2, 0) is 0 Å². The fourth-order valence-electron chi connectivity index (χ4n) is 8.33. The van der Waals surface area contributed by atoms with E-state index in [9.17, 15) is 0 Å². The van der Waals surface area contributed by atoms with E-state index in [-0.39, 0.29) is 0 Å². The Kier molecular flexibility index (Phi) is 5.96. The van der Waals surface area contributed by atoms with Crippen LogP contribution in [0.5, 0.6) is 0 Å². The minimum Gasteiger partial charge on any atom is -0.309 e. The predicted octanol–water partition coefficient (Wildman–Crippen LogP) is 12.7. The van der Waals surface area contributed by atoms with Gasteiger partial charge in [-0.05, 0) is 74.1 Å². The third kappa shape index (κ3) is 4.12. The Balaban J connectivity index is 1.24. The number of benzene rings is 9. The van der Waals surface area contributed by atoms with Crippen LogP contribution in [0.3, 0.4) is 0 Å². The van der Waals surface area contributed by atoms with Crippen LogP contribution in [0.4, 0.5) is 0 Å². The van der Waals surface area contributed by atoms with Gasteiger partial charge in [-0.25, -0.2) is 9.97 Å². The molecule has 0 unspecified atom stereocenters. The molecule has 0 radical (unpaired) electrons. The van der Waals surface area contributed by atoms with Crippen LogP contribution in [0.15, 0.2) is 176 Å². The Morgan fingerprint density at radius 2 is 1.00 bits per heavy atom. The van der Waals surface area contributed by atoms with E-state index in [0.29, 0.717) is 0 Å². The second-order valence-electron chi connectivity index (χ2n) is 13.3. The Hall–Kier alpha value is -6.84. The summed E-state index contributed by atoms with van der Waals surface area (Å²) in [7, 11) is 0. The van der Waals surface area contributed by atoms with Crippen molar-refractivity contribution in [3.05, 3.63) is 176 Å². The van der Waals surface area contributed by atoms with Crippen LogP contribution in [0.1, 0.15) is 0 Å². The minimum atomic E-state index is 0.724. The fourth-order valence-corrected chi connectivity index (χ4v) is 8.33. The van der Waals surface area contributed by atoms with Crippen molar-refractivity contribution < 1.29 is 0 Å². The molecule has 9 aromatic carbocycles. The number of hydrogen-bond acceptors (Lipinski definition) is 2. The highest BCUT2D eigenvalue weighted by Crippen LogP contribution is 2.44. The molecule has 0 atom stereocenters. The van der Waals surface area contributed by atoms with Crippen molar-refractivity contribution in [2.24, 2.45) is 0 Å². The zero-order chi connectivity index (χ0) is 33.5. The molecule has 11 rings (SSSR count). The number of para-hydroxylation sites is 2. The standard InChI is InChI=1S/C48H29N3/c1-3-14-31(15-4-1)47-45-34-18-8-7-13-30(34)24-27-41(45)49-48(50-47)32-23-25-38-40(29-32)36-20-10-9-19-35(36)37-26-28-43-46(44(37)38)39-21-11-12-22-42(39)51(43)33-16-5-2-6-17-33/h1-29H. The Morgan fingerprint density at radius 1 is 0.353 bits per heavy atom. The Bertz CT molecular complexity index is 3180. The molecule has 3 heteroatoms. The lowest BCUT2D eigenvalue weighted by Gasteiger charge is -2.15. The van der Waals surface area contributed by atoms with Gasteiger partial charge >= 0.3 is 0 Å². The van der Waals surface area contributed by atoms with E-state index in [1.807, 2.05) is 0 Å². The minimum absolute atomic E-state index is 0.724. The number of nitrogens with zero attached hydrogens (tertiary/aromatic N) is 3. The molecular formula is C48H29N3. The van der Waals surface area contributed by atoms with E-state index >= 15 is 0 Å². The summed E-state index contributed by atoms with van der Waals surface area (Å²) in [5.74, 6) is 0.724.